The largest absolute Gasteiger partial charge is 0.465 e. The average molecular weight is 304 g/mol. The molecule has 0 heterocycles. The Hall–Kier alpha value is -1.31. The molecule has 0 aliphatic heterocycles. The van der Waals surface area contributed by atoms with E-state index < -0.39 is 0 Å². The Morgan fingerprint density at radius 2 is 1.45 bits per heavy atom. The summed E-state index contributed by atoms with van der Waals surface area (Å²) in [4.78, 5) is 11.7. The fourth-order valence-corrected chi connectivity index (χ4v) is 2.83. The van der Waals surface area contributed by atoms with Crippen LogP contribution in [0, 0.1) is 0 Å². The third-order valence-electron chi connectivity index (χ3n) is 4.23. The maximum atomic E-state index is 11.7. The van der Waals surface area contributed by atoms with Crippen molar-refractivity contribution in [3.8, 4) is 0 Å². The van der Waals surface area contributed by atoms with Gasteiger partial charge in [0.05, 0.1) is 12.7 Å². The van der Waals surface area contributed by atoms with E-state index in [1.807, 2.05) is 12.1 Å². The van der Waals surface area contributed by atoms with Crippen LogP contribution in [0.2, 0.25) is 0 Å². The molecule has 1 rings (SSSR count). The van der Waals surface area contributed by atoms with Gasteiger partial charge in [0.15, 0.2) is 0 Å². The van der Waals surface area contributed by atoms with E-state index in [4.69, 9.17) is 4.74 Å². The van der Waals surface area contributed by atoms with Gasteiger partial charge in [-0.15, -0.1) is 0 Å². The number of hydrogen-bond acceptors (Lipinski definition) is 2. The predicted octanol–water partition coefficient (Wildman–Crippen LogP) is 5.72. The molecule has 0 unspecified atom stereocenters. The van der Waals surface area contributed by atoms with Gasteiger partial charge < -0.3 is 4.74 Å². The van der Waals surface area contributed by atoms with Gasteiger partial charge in [-0.25, -0.2) is 4.79 Å². The molecule has 2 nitrogen and oxygen atoms in total. The number of benzene rings is 1. The first-order valence-corrected chi connectivity index (χ1v) is 8.93. The zero-order valence-electron chi connectivity index (χ0n) is 14.6. The minimum atomic E-state index is -0.229. The molecule has 0 saturated heterocycles. The number of carbonyl (C=O) groups excluding carboxylic acids is 1. The Balaban J connectivity index is 2.72. The molecule has 1 aromatic rings. The molecule has 0 N–H and O–H groups in total. The highest BCUT2D eigenvalue weighted by Crippen LogP contribution is 2.19. The maximum absolute atomic E-state index is 11.7. The fourth-order valence-electron chi connectivity index (χ4n) is 2.83. The summed E-state index contributed by atoms with van der Waals surface area (Å²) >= 11 is 0. The molecule has 0 bridgehead atoms. The van der Waals surface area contributed by atoms with Crippen LogP contribution in [0.1, 0.15) is 86.7 Å². The second-order valence-electron chi connectivity index (χ2n) is 6.10. The number of ether oxygens (including phenoxy) is 1. The van der Waals surface area contributed by atoms with Crippen LogP contribution in [0.4, 0.5) is 0 Å². The van der Waals surface area contributed by atoms with E-state index in [2.05, 4.69) is 19.9 Å². The van der Waals surface area contributed by atoms with Crippen molar-refractivity contribution >= 4 is 5.97 Å². The van der Waals surface area contributed by atoms with Crippen LogP contribution in [0.5, 0.6) is 0 Å². The minimum absolute atomic E-state index is 0.229. The summed E-state index contributed by atoms with van der Waals surface area (Å²) in [5.74, 6) is -0.229. The molecular formula is C20H32O2. The summed E-state index contributed by atoms with van der Waals surface area (Å²) < 4.78 is 4.85. The maximum Gasteiger partial charge on any atom is 0.337 e. The van der Waals surface area contributed by atoms with Gasteiger partial charge in [0.1, 0.15) is 0 Å². The van der Waals surface area contributed by atoms with Crippen LogP contribution in [-0.2, 0) is 17.6 Å². The average Bonchev–Trinajstić information content (AvgIpc) is 2.55. The van der Waals surface area contributed by atoms with Crippen molar-refractivity contribution in [2.75, 3.05) is 7.11 Å². The Kier molecular flexibility index (Phi) is 9.61. The molecule has 0 atom stereocenters. The third-order valence-corrected chi connectivity index (χ3v) is 4.23. The lowest BCUT2D eigenvalue weighted by Gasteiger charge is -2.11. The lowest BCUT2D eigenvalue weighted by molar-refractivity contribution is 0.0600. The highest BCUT2D eigenvalue weighted by Gasteiger charge is 2.10. The number of rotatable bonds is 11. The van der Waals surface area contributed by atoms with E-state index in [0.717, 1.165) is 12.8 Å². The number of hydrogen-bond donors (Lipinski definition) is 0. The summed E-state index contributed by atoms with van der Waals surface area (Å²) in [7, 11) is 1.45. The molecule has 22 heavy (non-hydrogen) atoms. The van der Waals surface area contributed by atoms with Crippen LogP contribution in [-0.4, -0.2) is 13.1 Å². The Morgan fingerprint density at radius 3 is 2.00 bits per heavy atom. The molecular weight excluding hydrogens is 272 g/mol. The Labute approximate surface area is 136 Å². The Morgan fingerprint density at radius 1 is 0.864 bits per heavy atom. The number of carbonyl (C=O) groups is 1. The topological polar surface area (TPSA) is 26.3 Å². The summed E-state index contributed by atoms with van der Waals surface area (Å²) in [5.41, 5.74) is 3.45. The van der Waals surface area contributed by atoms with Crippen LogP contribution in [0.3, 0.4) is 0 Å². The van der Waals surface area contributed by atoms with E-state index in [9.17, 15) is 4.79 Å². The van der Waals surface area contributed by atoms with Crippen LogP contribution in [0.15, 0.2) is 18.2 Å². The zero-order valence-corrected chi connectivity index (χ0v) is 14.6. The number of aryl methyl sites for hydroxylation is 2. The first-order valence-electron chi connectivity index (χ1n) is 8.93. The van der Waals surface area contributed by atoms with Crippen molar-refractivity contribution < 1.29 is 9.53 Å². The van der Waals surface area contributed by atoms with Gasteiger partial charge in [0.2, 0.25) is 0 Å². The SMILES string of the molecule is CCCCCCc1ccc(C(=O)OC)cc1CCCCCC. The van der Waals surface area contributed by atoms with Crippen LogP contribution in [0.25, 0.3) is 0 Å². The normalized spacial score (nSPS) is 10.7. The quantitative estimate of drug-likeness (QED) is 0.386. The Bertz CT molecular complexity index is 437. The highest BCUT2D eigenvalue weighted by molar-refractivity contribution is 5.89. The van der Waals surface area contributed by atoms with Crippen molar-refractivity contribution in [1.82, 2.24) is 0 Å². The molecule has 0 aromatic heterocycles. The van der Waals surface area contributed by atoms with E-state index in [1.165, 1.54) is 69.6 Å². The molecule has 2 heteroatoms. The second kappa shape index (κ2) is 11.3. The summed E-state index contributed by atoms with van der Waals surface area (Å²) in [6.07, 6.45) is 12.4. The minimum Gasteiger partial charge on any atom is -0.465 e. The third kappa shape index (κ3) is 6.64. The van der Waals surface area contributed by atoms with Gasteiger partial charge in [-0.1, -0.05) is 58.4 Å². The molecule has 0 aliphatic carbocycles. The van der Waals surface area contributed by atoms with Gasteiger partial charge in [0, 0.05) is 0 Å². The van der Waals surface area contributed by atoms with Gasteiger partial charge in [-0.3, -0.25) is 0 Å². The lowest BCUT2D eigenvalue weighted by Crippen LogP contribution is -2.04. The number of unbranched alkanes of at least 4 members (excludes halogenated alkanes) is 6. The molecule has 0 spiro atoms. The summed E-state index contributed by atoms with van der Waals surface area (Å²) in [5, 5.41) is 0. The number of esters is 1. The van der Waals surface area contributed by atoms with Crippen molar-refractivity contribution in [3.05, 3.63) is 34.9 Å². The standard InChI is InChI=1S/C20H32O2/c1-4-6-8-10-12-17-14-15-19(20(21)22-3)16-18(17)13-11-9-7-5-2/h14-16H,4-13H2,1-3H3. The van der Waals surface area contributed by atoms with Crippen molar-refractivity contribution in [3.63, 3.8) is 0 Å². The zero-order chi connectivity index (χ0) is 16.2. The van der Waals surface area contributed by atoms with Crippen LogP contribution >= 0.6 is 0 Å². The second-order valence-corrected chi connectivity index (χ2v) is 6.10. The highest BCUT2D eigenvalue weighted by atomic mass is 16.5. The van der Waals surface area contributed by atoms with Crippen molar-refractivity contribution in [1.29, 1.82) is 0 Å². The van der Waals surface area contributed by atoms with E-state index in [0.29, 0.717) is 5.56 Å². The molecule has 0 aliphatic rings. The molecule has 0 saturated carbocycles. The number of methoxy groups -OCH3 is 1. The van der Waals surface area contributed by atoms with Crippen LogP contribution < -0.4 is 0 Å². The smallest absolute Gasteiger partial charge is 0.337 e. The summed E-state index contributed by atoms with van der Waals surface area (Å²) in [6.45, 7) is 4.47. The van der Waals surface area contributed by atoms with E-state index >= 15 is 0 Å². The van der Waals surface area contributed by atoms with Crippen molar-refractivity contribution in [2.45, 2.75) is 78.1 Å². The van der Waals surface area contributed by atoms with Gasteiger partial charge >= 0.3 is 5.97 Å². The van der Waals surface area contributed by atoms with Crippen molar-refractivity contribution in [2.24, 2.45) is 0 Å². The van der Waals surface area contributed by atoms with E-state index in [-0.39, 0.29) is 5.97 Å². The monoisotopic (exact) mass is 304 g/mol. The van der Waals surface area contributed by atoms with E-state index in [1.54, 1.807) is 0 Å². The van der Waals surface area contributed by atoms with Gasteiger partial charge in [-0.05, 0) is 48.9 Å². The molecule has 0 fully saturated rings. The fraction of sp³-hybridized carbons (Fsp3) is 0.650. The molecule has 1 aromatic carbocycles. The van der Waals surface area contributed by atoms with Gasteiger partial charge in [-0.2, -0.15) is 0 Å². The first kappa shape index (κ1) is 18.7. The molecule has 0 radical (unpaired) electrons. The first-order chi connectivity index (χ1) is 10.7. The molecule has 0 amide bonds. The summed E-state index contributed by atoms with van der Waals surface area (Å²) in [6, 6.07) is 6.09. The predicted molar refractivity (Wildman–Crippen MR) is 93.5 cm³/mol. The van der Waals surface area contributed by atoms with Gasteiger partial charge in [0.25, 0.3) is 0 Å². The molecule has 124 valence electrons. The lowest BCUT2D eigenvalue weighted by atomic mass is 9.95.